The van der Waals surface area contributed by atoms with Gasteiger partial charge in [0.2, 0.25) is 0 Å². The van der Waals surface area contributed by atoms with Crippen molar-refractivity contribution in [3.63, 3.8) is 0 Å². The summed E-state index contributed by atoms with van der Waals surface area (Å²) in [7, 11) is 3.08. The van der Waals surface area contributed by atoms with Gasteiger partial charge in [0.1, 0.15) is 11.5 Å². The van der Waals surface area contributed by atoms with Crippen molar-refractivity contribution in [2.24, 2.45) is 0 Å². The van der Waals surface area contributed by atoms with Gasteiger partial charge in [-0.25, -0.2) is 0 Å². The number of nitrogens with zero attached hydrogens (tertiary/aromatic N) is 1. The van der Waals surface area contributed by atoms with Gasteiger partial charge in [0.05, 0.1) is 14.2 Å². The molecule has 5 nitrogen and oxygen atoms in total. The predicted octanol–water partition coefficient (Wildman–Crippen LogP) is 3.79. The molecule has 0 radical (unpaired) electrons. The molecule has 25 heavy (non-hydrogen) atoms. The molecule has 2 aromatic carbocycles. The van der Waals surface area contributed by atoms with Gasteiger partial charge in [-0.2, -0.15) is 0 Å². The van der Waals surface area contributed by atoms with Crippen LogP contribution in [-0.4, -0.2) is 37.5 Å². The van der Waals surface area contributed by atoms with Gasteiger partial charge in [0.25, 0.3) is 11.8 Å². The van der Waals surface area contributed by atoms with Crippen LogP contribution in [0.5, 0.6) is 11.5 Å². The molecule has 0 unspecified atom stereocenters. The average molecular weight is 341 g/mol. The Morgan fingerprint density at radius 1 is 0.880 bits per heavy atom. The van der Waals surface area contributed by atoms with Gasteiger partial charge in [-0.05, 0) is 42.8 Å². The number of rotatable bonds is 7. The van der Waals surface area contributed by atoms with Gasteiger partial charge in [0, 0.05) is 17.7 Å². The summed E-state index contributed by atoms with van der Waals surface area (Å²) in [6.45, 7) is 2.38. The van der Waals surface area contributed by atoms with Crippen molar-refractivity contribution in [3.05, 3.63) is 59.7 Å². The van der Waals surface area contributed by atoms with E-state index in [9.17, 15) is 9.59 Å². The number of carbonyl (C=O) groups is 2. The van der Waals surface area contributed by atoms with Crippen LogP contribution in [-0.2, 0) is 0 Å². The summed E-state index contributed by atoms with van der Waals surface area (Å²) >= 11 is 0. The Kier molecular flexibility index (Phi) is 6.57. The van der Waals surface area contributed by atoms with Crippen LogP contribution in [0.15, 0.2) is 48.5 Å². The molecule has 0 saturated carbocycles. The fourth-order valence-electron chi connectivity index (χ4n) is 2.44. The quantitative estimate of drug-likeness (QED) is 0.719. The maximum absolute atomic E-state index is 12.9. The molecule has 2 rings (SSSR count). The van der Waals surface area contributed by atoms with Crippen LogP contribution in [0.25, 0.3) is 0 Å². The fraction of sp³-hybridized carbons (Fsp3) is 0.300. The van der Waals surface area contributed by atoms with Crippen molar-refractivity contribution in [3.8, 4) is 11.5 Å². The number of methoxy groups -OCH3 is 2. The number of amides is 2. The Morgan fingerprint density at radius 3 is 1.76 bits per heavy atom. The minimum absolute atomic E-state index is 0.333. The Bertz CT molecular complexity index is 682. The van der Waals surface area contributed by atoms with Crippen LogP contribution in [0, 0.1) is 0 Å². The lowest BCUT2D eigenvalue weighted by Crippen LogP contribution is -2.37. The largest absolute Gasteiger partial charge is 0.497 e. The highest BCUT2D eigenvalue weighted by Gasteiger charge is 2.24. The molecule has 0 heterocycles. The van der Waals surface area contributed by atoms with Crippen LogP contribution < -0.4 is 9.47 Å². The second-order valence-corrected chi connectivity index (χ2v) is 5.58. The van der Waals surface area contributed by atoms with E-state index in [1.165, 1.54) is 4.90 Å². The highest BCUT2D eigenvalue weighted by Crippen LogP contribution is 2.19. The zero-order chi connectivity index (χ0) is 18.2. The van der Waals surface area contributed by atoms with E-state index in [0.717, 1.165) is 12.8 Å². The molecular formula is C20H23NO4. The lowest BCUT2D eigenvalue weighted by Gasteiger charge is -2.21. The topological polar surface area (TPSA) is 55.8 Å². The van der Waals surface area contributed by atoms with Crippen LogP contribution in [0.4, 0.5) is 0 Å². The molecule has 0 atom stereocenters. The molecule has 0 aliphatic heterocycles. The highest BCUT2D eigenvalue weighted by atomic mass is 16.5. The molecule has 2 aromatic rings. The number of hydrogen-bond donors (Lipinski definition) is 0. The van der Waals surface area contributed by atoms with E-state index in [1.807, 2.05) is 6.92 Å². The van der Waals surface area contributed by atoms with Crippen LogP contribution in [0.2, 0.25) is 0 Å². The van der Waals surface area contributed by atoms with Gasteiger partial charge in [-0.1, -0.05) is 25.5 Å². The van der Waals surface area contributed by atoms with Crippen LogP contribution in [0.1, 0.15) is 40.5 Å². The molecule has 5 heteroatoms. The Hall–Kier alpha value is -2.82. The molecule has 2 amide bonds. The Labute approximate surface area is 148 Å². The van der Waals surface area contributed by atoms with Gasteiger partial charge >= 0.3 is 0 Å². The SMILES string of the molecule is CCCCN(C(=O)c1cccc(OC)c1)C(=O)c1cccc(OC)c1. The summed E-state index contributed by atoms with van der Waals surface area (Å²) in [4.78, 5) is 27.1. The van der Waals surface area contributed by atoms with Crippen molar-refractivity contribution in [1.82, 2.24) is 4.90 Å². The lowest BCUT2D eigenvalue weighted by molar-refractivity contribution is 0.0613. The summed E-state index contributed by atoms with van der Waals surface area (Å²) in [5, 5.41) is 0. The second-order valence-electron chi connectivity index (χ2n) is 5.58. The molecule has 0 aromatic heterocycles. The first-order valence-corrected chi connectivity index (χ1v) is 8.25. The number of ether oxygens (including phenoxy) is 2. The van der Waals surface area contributed by atoms with Crippen molar-refractivity contribution in [2.45, 2.75) is 19.8 Å². The molecule has 0 fully saturated rings. The lowest BCUT2D eigenvalue weighted by atomic mass is 10.1. The molecule has 0 bridgehead atoms. The van der Waals surface area contributed by atoms with E-state index in [-0.39, 0.29) is 11.8 Å². The van der Waals surface area contributed by atoms with Gasteiger partial charge in [-0.3, -0.25) is 14.5 Å². The third-order valence-corrected chi connectivity index (χ3v) is 3.86. The zero-order valence-electron chi connectivity index (χ0n) is 14.8. The maximum atomic E-state index is 12.9. The first kappa shape index (κ1) is 18.5. The van der Waals surface area contributed by atoms with E-state index < -0.39 is 0 Å². The summed E-state index contributed by atoms with van der Waals surface area (Å²) < 4.78 is 10.3. The molecule has 0 aliphatic carbocycles. The maximum Gasteiger partial charge on any atom is 0.260 e. The first-order chi connectivity index (χ1) is 12.1. The summed E-state index contributed by atoms with van der Waals surface area (Å²) in [5.41, 5.74) is 0.846. The minimum atomic E-state index is -0.333. The molecule has 0 spiro atoms. The van der Waals surface area contributed by atoms with Gasteiger partial charge in [-0.15, -0.1) is 0 Å². The smallest absolute Gasteiger partial charge is 0.260 e. The average Bonchev–Trinajstić information content (AvgIpc) is 2.67. The van der Waals surface area contributed by atoms with E-state index >= 15 is 0 Å². The van der Waals surface area contributed by atoms with E-state index in [2.05, 4.69) is 0 Å². The highest BCUT2D eigenvalue weighted by molar-refractivity contribution is 6.10. The van der Waals surface area contributed by atoms with E-state index in [4.69, 9.17) is 9.47 Å². The van der Waals surface area contributed by atoms with Crippen molar-refractivity contribution >= 4 is 11.8 Å². The number of carbonyl (C=O) groups excluding carboxylic acids is 2. The number of unbranched alkanes of at least 4 members (excludes halogenated alkanes) is 1. The van der Waals surface area contributed by atoms with Crippen molar-refractivity contribution in [1.29, 1.82) is 0 Å². The van der Waals surface area contributed by atoms with Crippen LogP contribution >= 0.6 is 0 Å². The zero-order valence-corrected chi connectivity index (χ0v) is 14.8. The van der Waals surface area contributed by atoms with E-state index in [1.54, 1.807) is 62.8 Å². The molecular weight excluding hydrogens is 318 g/mol. The standard InChI is InChI=1S/C20H23NO4/c1-4-5-12-21(19(22)15-8-6-10-17(13-15)24-2)20(23)16-9-7-11-18(14-16)25-3/h6-11,13-14H,4-5,12H2,1-3H3. The molecule has 0 saturated heterocycles. The third-order valence-electron chi connectivity index (χ3n) is 3.86. The number of benzene rings is 2. The monoisotopic (exact) mass is 341 g/mol. The van der Waals surface area contributed by atoms with Crippen molar-refractivity contribution in [2.75, 3.05) is 20.8 Å². The minimum Gasteiger partial charge on any atom is -0.497 e. The molecule has 132 valence electrons. The summed E-state index contributed by atoms with van der Waals surface area (Å²) in [6, 6.07) is 13.6. The second kappa shape index (κ2) is 8.87. The Morgan fingerprint density at radius 2 is 1.36 bits per heavy atom. The molecule has 0 aliphatic rings. The predicted molar refractivity (Wildman–Crippen MR) is 96.3 cm³/mol. The van der Waals surface area contributed by atoms with Crippen molar-refractivity contribution < 1.29 is 19.1 Å². The third kappa shape index (κ3) is 4.59. The normalized spacial score (nSPS) is 10.2. The number of hydrogen-bond acceptors (Lipinski definition) is 4. The summed E-state index contributed by atoms with van der Waals surface area (Å²) in [5.74, 6) is 0.491. The van der Waals surface area contributed by atoms with E-state index in [0.29, 0.717) is 29.2 Å². The van der Waals surface area contributed by atoms with Gasteiger partial charge in [0.15, 0.2) is 0 Å². The molecule has 0 N–H and O–H groups in total. The Balaban J connectivity index is 2.33. The summed E-state index contributed by atoms with van der Waals surface area (Å²) in [6.07, 6.45) is 1.62. The van der Waals surface area contributed by atoms with Crippen LogP contribution in [0.3, 0.4) is 0 Å². The fourth-order valence-corrected chi connectivity index (χ4v) is 2.44. The van der Waals surface area contributed by atoms with Gasteiger partial charge < -0.3 is 9.47 Å². The first-order valence-electron chi connectivity index (χ1n) is 8.25. The number of imide groups is 1.